The van der Waals surface area contributed by atoms with E-state index in [2.05, 4.69) is 15.4 Å². The summed E-state index contributed by atoms with van der Waals surface area (Å²) >= 11 is 1.50. The molecule has 0 spiro atoms. The van der Waals surface area contributed by atoms with E-state index in [1.54, 1.807) is 24.0 Å². The number of pyridine rings is 1. The van der Waals surface area contributed by atoms with Crippen molar-refractivity contribution in [3.8, 4) is 0 Å². The van der Waals surface area contributed by atoms with E-state index >= 15 is 0 Å². The minimum atomic E-state index is -0.225. The predicted molar refractivity (Wildman–Crippen MR) is 119 cm³/mol. The second kappa shape index (κ2) is 8.94. The van der Waals surface area contributed by atoms with Gasteiger partial charge in [0.15, 0.2) is 0 Å². The zero-order valence-electron chi connectivity index (χ0n) is 16.3. The van der Waals surface area contributed by atoms with Gasteiger partial charge in [0.25, 0.3) is 5.91 Å². The third kappa shape index (κ3) is 4.12. The fourth-order valence-corrected chi connectivity index (χ4v) is 4.10. The lowest BCUT2D eigenvalue weighted by molar-refractivity contribution is 0.0960. The van der Waals surface area contributed by atoms with Crippen LogP contribution in [-0.4, -0.2) is 32.8 Å². The summed E-state index contributed by atoms with van der Waals surface area (Å²) in [6.07, 6.45) is 5.53. The molecule has 1 amide bonds. The topological polar surface area (TPSA) is 80.0 Å². The number of carbonyl (C=O) groups excluding carboxylic acids is 1. The highest BCUT2D eigenvalue weighted by atomic mass is 32.2. The Bertz CT molecular complexity index is 1220. The van der Waals surface area contributed by atoms with Gasteiger partial charge in [-0.3, -0.25) is 9.78 Å². The number of nitrogens with one attached hydrogen (secondary N) is 1. The summed E-state index contributed by atoms with van der Waals surface area (Å²) in [6, 6.07) is 19.1. The highest BCUT2D eigenvalue weighted by molar-refractivity contribution is 7.99. The molecule has 0 aliphatic heterocycles. The molecule has 6 nitrogen and oxygen atoms in total. The van der Waals surface area contributed by atoms with Crippen molar-refractivity contribution in [2.75, 3.05) is 7.05 Å². The minimum Gasteiger partial charge on any atom is -0.374 e. The SMILES string of the molecule is CNC(=O)c1ccccc1Sc1ccc2c(/C=C/c3ccccn3)nn(CO)c2c1. The molecule has 2 heterocycles. The third-order valence-electron chi connectivity index (χ3n) is 4.57. The Morgan fingerprint density at radius 2 is 1.97 bits per heavy atom. The number of hydrogen-bond donors (Lipinski definition) is 2. The largest absolute Gasteiger partial charge is 0.374 e. The van der Waals surface area contributed by atoms with E-state index in [9.17, 15) is 9.90 Å². The molecule has 30 heavy (non-hydrogen) atoms. The molecule has 0 aliphatic carbocycles. The molecule has 0 saturated heterocycles. The van der Waals surface area contributed by atoms with Gasteiger partial charge >= 0.3 is 0 Å². The fourth-order valence-electron chi connectivity index (χ4n) is 3.12. The Balaban J connectivity index is 1.68. The van der Waals surface area contributed by atoms with Crippen molar-refractivity contribution in [2.45, 2.75) is 16.5 Å². The molecule has 0 bridgehead atoms. The monoisotopic (exact) mass is 416 g/mol. The van der Waals surface area contributed by atoms with Gasteiger partial charge in [-0.2, -0.15) is 5.10 Å². The lowest BCUT2D eigenvalue weighted by Crippen LogP contribution is -2.18. The van der Waals surface area contributed by atoms with Crippen molar-refractivity contribution in [3.63, 3.8) is 0 Å². The van der Waals surface area contributed by atoms with Gasteiger partial charge in [-0.1, -0.05) is 30.0 Å². The maximum atomic E-state index is 12.1. The average Bonchev–Trinajstić information content (AvgIpc) is 3.15. The quantitative estimate of drug-likeness (QED) is 0.495. The first-order valence-corrected chi connectivity index (χ1v) is 10.2. The number of amides is 1. The Labute approximate surface area is 178 Å². The summed E-state index contributed by atoms with van der Waals surface area (Å²) in [5.41, 5.74) is 3.04. The van der Waals surface area contributed by atoms with Crippen LogP contribution in [0.5, 0.6) is 0 Å². The second-order valence-electron chi connectivity index (χ2n) is 6.47. The molecular weight excluding hydrogens is 396 g/mol. The summed E-state index contributed by atoms with van der Waals surface area (Å²) in [6.45, 7) is -0.225. The van der Waals surface area contributed by atoms with Gasteiger partial charge in [-0.15, -0.1) is 0 Å². The number of hydrogen-bond acceptors (Lipinski definition) is 5. The number of aromatic nitrogens is 3. The Kier molecular flexibility index (Phi) is 5.92. The molecule has 2 aromatic carbocycles. The molecule has 2 N–H and O–H groups in total. The van der Waals surface area contributed by atoms with Crippen LogP contribution in [0.15, 0.2) is 76.7 Å². The molecule has 0 radical (unpaired) electrons. The van der Waals surface area contributed by atoms with E-state index in [0.717, 1.165) is 32.1 Å². The maximum absolute atomic E-state index is 12.1. The van der Waals surface area contributed by atoms with Crippen LogP contribution >= 0.6 is 11.8 Å². The molecule has 4 aromatic rings. The molecular formula is C23H20N4O2S. The van der Waals surface area contributed by atoms with Crippen molar-refractivity contribution in [1.82, 2.24) is 20.1 Å². The van der Waals surface area contributed by atoms with Crippen molar-refractivity contribution in [2.24, 2.45) is 0 Å². The zero-order chi connectivity index (χ0) is 20.9. The highest BCUT2D eigenvalue weighted by Crippen LogP contribution is 2.33. The first kappa shape index (κ1) is 19.9. The third-order valence-corrected chi connectivity index (χ3v) is 5.64. The van der Waals surface area contributed by atoms with E-state index in [1.165, 1.54) is 11.8 Å². The van der Waals surface area contributed by atoms with Gasteiger partial charge in [-0.25, -0.2) is 4.68 Å². The molecule has 4 rings (SSSR count). The molecule has 0 aliphatic rings. The van der Waals surface area contributed by atoms with E-state index in [1.807, 2.05) is 66.7 Å². The second-order valence-corrected chi connectivity index (χ2v) is 7.59. The molecule has 2 aromatic heterocycles. The summed E-state index contributed by atoms with van der Waals surface area (Å²) in [5.74, 6) is -0.124. The summed E-state index contributed by atoms with van der Waals surface area (Å²) in [5, 5.41) is 17.9. The standard InChI is InChI=1S/C23H20N4O2S/c1-24-23(29)19-7-2-3-8-22(19)30-17-10-11-18-20(26-27(15-28)21(18)14-17)12-9-16-6-4-5-13-25-16/h2-14,28H,15H2,1H3,(H,24,29)/b12-9+. The zero-order valence-corrected chi connectivity index (χ0v) is 17.1. The van der Waals surface area contributed by atoms with Crippen LogP contribution in [-0.2, 0) is 6.73 Å². The number of aliphatic hydroxyl groups excluding tert-OH is 1. The molecule has 7 heteroatoms. The van der Waals surface area contributed by atoms with Crippen molar-refractivity contribution >= 4 is 40.7 Å². The summed E-state index contributed by atoms with van der Waals surface area (Å²) in [4.78, 5) is 18.2. The number of rotatable bonds is 6. The van der Waals surface area contributed by atoms with Crippen molar-refractivity contribution < 1.29 is 9.90 Å². The Morgan fingerprint density at radius 3 is 2.73 bits per heavy atom. The molecule has 0 fully saturated rings. The average molecular weight is 417 g/mol. The van der Waals surface area contributed by atoms with Crippen LogP contribution in [0.3, 0.4) is 0 Å². The van der Waals surface area contributed by atoms with Gasteiger partial charge in [0.1, 0.15) is 6.73 Å². The normalized spacial score (nSPS) is 11.3. The van der Waals surface area contributed by atoms with E-state index < -0.39 is 0 Å². The van der Waals surface area contributed by atoms with Crippen LogP contribution < -0.4 is 5.32 Å². The number of carbonyl (C=O) groups is 1. The number of nitrogens with zero attached hydrogens (tertiary/aromatic N) is 3. The van der Waals surface area contributed by atoms with Crippen molar-refractivity contribution in [1.29, 1.82) is 0 Å². The lowest BCUT2D eigenvalue weighted by atomic mass is 10.2. The molecule has 150 valence electrons. The summed E-state index contributed by atoms with van der Waals surface area (Å²) < 4.78 is 1.56. The molecule has 0 saturated carbocycles. The molecule has 0 unspecified atom stereocenters. The van der Waals surface area contributed by atoms with E-state index in [4.69, 9.17) is 0 Å². The van der Waals surface area contributed by atoms with Gasteiger partial charge in [0, 0.05) is 28.4 Å². The first-order chi connectivity index (χ1) is 14.7. The minimum absolute atomic E-state index is 0.124. The van der Waals surface area contributed by atoms with Crippen LogP contribution in [0.1, 0.15) is 21.7 Å². The van der Waals surface area contributed by atoms with E-state index in [-0.39, 0.29) is 12.6 Å². The highest BCUT2D eigenvalue weighted by Gasteiger charge is 2.13. The van der Waals surface area contributed by atoms with Crippen LogP contribution in [0.2, 0.25) is 0 Å². The maximum Gasteiger partial charge on any atom is 0.252 e. The van der Waals surface area contributed by atoms with E-state index in [0.29, 0.717) is 5.56 Å². The smallest absolute Gasteiger partial charge is 0.252 e. The Hall–Kier alpha value is -3.42. The Morgan fingerprint density at radius 1 is 1.13 bits per heavy atom. The lowest BCUT2D eigenvalue weighted by Gasteiger charge is -2.08. The van der Waals surface area contributed by atoms with Crippen LogP contribution in [0.4, 0.5) is 0 Å². The van der Waals surface area contributed by atoms with Crippen LogP contribution in [0, 0.1) is 0 Å². The van der Waals surface area contributed by atoms with Gasteiger partial charge < -0.3 is 10.4 Å². The number of aliphatic hydroxyl groups is 1. The number of benzene rings is 2. The summed E-state index contributed by atoms with van der Waals surface area (Å²) in [7, 11) is 1.62. The van der Waals surface area contributed by atoms with Gasteiger partial charge in [-0.05, 0) is 54.6 Å². The van der Waals surface area contributed by atoms with Gasteiger partial charge in [0.2, 0.25) is 0 Å². The first-order valence-electron chi connectivity index (χ1n) is 9.39. The fraction of sp³-hybridized carbons (Fsp3) is 0.0870. The molecule has 0 atom stereocenters. The van der Waals surface area contributed by atoms with Crippen LogP contribution in [0.25, 0.3) is 23.1 Å². The van der Waals surface area contributed by atoms with Crippen molar-refractivity contribution in [3.05, 3.63) is 83.8 Å². The predicted octanol–water partition coefficient (Wildman–Crippen LogP) is 4.06. The number of fused-ring (bicyclic) bond motifs is 1. The van der Waals surface area contributed by atoms with Gasteiger partial charge in [0.05, 0.1) is 22.5 Å².